The summed E-state index contributed by atoms with van der Waals surface area (Å²) in [5.41, 5.74) is 0.0123. The number of carbonyl (C=O) groups is 1. The highest BCUT2D eigenvalue weighted by Gasteiger charge is 2.22. The molecular formula is C12H12Cl2O3. The fourth-order valence-corrected chi connectivity index (χ4v) is 2.15. The number of aromatic carboxylic acids is 1. The first-order valence-corrected chi connectivity index (χ1v) is 6.18. The molecule has 1 aromatic carbocycles. The average Bonchev–Trinajstić information content (AvgIpc) is 3.04. The van der Waals surface area contributed by atoms with Crippen LogP contribution in [0.5, 0.6) is 5.75 Å². The van der Waals surface area contributed by atoms with E-state index in [-0.39, 0.29) is 16.3 Å². The van der Waals surface area contributed by atoms with Gasteiger partial charge in [-0.15, -0.1) is 0 Å². The molecule has 0 saturated heterocycles. The third-order valence-electron chi connectivity index (χ3n) is 2.71. The Balaban J connectivity index is 2.14. The largest absolute Gasteiger partial charge is 0.491 e. The van der Waals surface area contributed by atoms with E-state index in [1.54, 1.807) is 0 Å². The highest BCUT2D eigenvalue weighted by atomic mass is 35.5. The monoisotopic (exact) mass is 274 g/mol. The first kappa shape index (κ1) is 12.5. The molecule has 17 heavy (non-hydrogen) atoms. The van der Waals surface area contributed by atoms with Gasteiger partial charge in [-0.25, -0.2) is 4.79 Å². The van der Waals surface area contributed by atoms with Crippen LogP contribution >= 0.6 is 23.2 Å². The number of hydrogen-bond acceptors (Lipinski definition) is 2. The Morgan fingerprint density at radius 1 is 1.41 bits per heavy atom. The Kier molecular flexibility index (Phi) is 3.79. The molecule has 0 heterocycles. The minimum Gasteiger partial charge on any atom is -0.491 e. The van der Waals surface area contributed by atoms with Gasteiger partial charge in [0.2, 0.25) is 0 Å². The highest BCUT2D eigenvalue weighted by molar-refractivity contribution is 6.36. The van der Waals surface area contributed by atoms with Crippen LogP contribution < -0.4 is 4.74 Å². The number of hydrogen-bond donors (Lipinski definition) is 1. The Labute approximate surface area is 109 Å². The minimum absolute atomic E-state index is 0.0123. The molecule has 0 atom stereocenters. The maximum absolute atomic E-state index is 11.0. The first-order chi connectivity index (χ1) is 8.08. The van der Waals surface area contributed by atoms with Crippen LogP contribution in [-0.2, 0) is 0 Å². The summed E-state index contributed by atoms with van der Waals surface area (Å²) in [6.45, 7) is 0.492. The van der Waals surface area contributed by atoms with E-state index in [0.29, 0.717) is 11.6 Å². The standard InChI is InChI=1S/C12H12Cl2O3/c13-8-5-9(12(15)16)11(10(14)6-8)17-4-3-7-1-2-7/h5-7H,1-4H2,(H,15,16). The maximum atomic E-state index is 11.0. The molecule has 1 aromatic rings. The van der Waals surface area contributed by atoms with E-state index in [4.69, 9.17) is 33.0 Å². The number of rotatable bonds is 5. The summed E-state index contributed by atoms with van der Waals surface area (Å²) < 4.78 is 5.46. The van der Waals surface area contributed by atoms with Crippen LogP contribution in [0, 0.1) is 5.92 Å². The van der Waals surface area contributed by atoms with Crippen LogP contribution in [0.2, 0.25) is 10.0 Å². The van der Waals surface area contributed by atoms with Crippen molar-refractivity contribution in [3.8, 4) is 5.75 Å². The summed E-state index contributed by atoms with van der Waals surface area (Å²) in [4.78, 5) is 11.0. The van der Waals surface area contributed by atoms with Gasteiger partial charge in [0, 0.05) is 5.02 Å². The molecule has 1 aliphatic rings. The van der Waals surface area contributed by atoms with Crippen LogP contribution in [0.4, 0.5) is 0 Å². The summed E-state index contributed by atoms with van der Waals surface area (Å²) in [5.74, 6) is -0.144. The zero-order valence-electron chi connectivity index (χ0n) is 9.08. The number of halogens is 2. The summed E-state index contributed by atoms with van der Waals surface area (Å²) in [5, 5.41) is 9.57. The Morgan fingerprint density at radius 2 is 2.12 bits per heavy atom. The van der Waals surface area contributed by atoms with Gasteiger partial charge in [-0.3, -0.25) is 0 Å². The molecule has 0 aromatic heterocycles. The van der Waals surface area contributed by atoms with Crippen LogP contribution in [0.1, 0.15) is 29.6 Å². The normalized spacial score (nSPS) is 14.7. The van der Waals surface area contributed by atoms with Crippen LogP contribution in [0.25, 0.3) is 0 Å². The van der Waals surface area contributed by atoms with Crippen molar-refractivity contribution in [1.29, 1.82) is 0 Å². The predicted molar refractivity (Wildman–Crippen MR) is 66.3 cm³/mol. The van der Waals surface area contributed by atoms with Crippen LogP contribution in [-0.4, -0.2) is 17.7 Å². The van der Waals surface area contributed by atoms with E-state index in [1.165, 1.54) is 25.0 Å². The molecule has 2 rings (SSSR count). The topological polar surface area (TPSA) is 46.5 Å². The van der Waals surface area contributed by atoms with Crippen LogP contribution in [0.3, 0.4) is 0 Å². The molecule has 0 unspecified atom stereocenters. The van der Waals surface area contributed by atoms with Crippen LogP contribution in [0.15, 0.2) is 12.1 Å². The van der Waals surface area contributed by atoms with Gasteiger partial charge in [0.15, 0.2) is 5.75 Å². The third kappa shape index (κ3) is 3.27. The second-order valence-electron chi connectivity index (χ2n) is 4.15. The van der Waals surface area contributed by atoms with Crippen molar-refractivity contribution in [3.63, 3.8) is 0 Å². The molecule has 0 radical (unpaired) electrons. The van der Waals surface area contributed by atoms with Crippen molar-refractivity contribution in [2.24, 2.45) is 5.92 Å². The highest BCUT2D eigenvalue weighted by Crippen LogP contribution is 2.35. The van der Waals surface area contributed by atoms with Gasteiger partial charge in [0.25, 0.3) is 0 Å². The molecule has 0 bridgehead atoms. The van der Waals surface area contributed by atoms with Gasteiger partial charge in [-0.1, -0.05) is 36.0 Å². The lowest BCUT2D eigenvalue weighted by Crippen LogP contribution is -2.05. The Hall–Kier alpha value is -0.930. The van der Waals surface area contributed by atoms with E-state index in [0.717, 1.165) is 12.3 Å². The van der Waals surface area contributed by atoms with Crippen molar-refractivity contribution < 1.29 is 14.6 Å². The molecular weight excluding hydrogens is 263 g/mol. The summed E-state index contributed by atoms with van der Waals surface area (Å²) in [6.07, 6.45) is 3.42. The van der Waals surface area contributed by atoms with Gasteiger partial charge >= 0.3 is 5.97 Å². The van der Waals surface area contributed by atoms with Gasteiger partial charge in [-0.05, 0) is 24.5 Å². The summed E-state index contributed by atoms with van der Waals surface area (Å²) >= 11 is 11.7. The number of benzene rings is 1. The SMILES string of the molecule is O=C(O)c1cc(Cl)cc(Cl)c1OCCC1CC1. The molecule has 92 valence electrons. The number of carboxylic acids is 1. The lowest BCUT2D eigenvalue weighted by molar-refractivity contribution is 0.0692. The van der Waals surface area contributed by atoms with Crippen molar-refractivity contribution in [3.05, 3.63) is 27.7 Å². The van der Waals surface area contributed by atoms with Gasteiger partial charge in [0.1, 0.15) is 5.56 Å². The fourth-order valence-electron chi connectivity index (χ4n) is 1.60. The second-order valence-corrected chi connectivity index (χ2v) is 4.99. The maximum Gasteiger partial charge on any atom is 0.339 e. The van der Waals surface area contributed by atoms with E-state index in [2.05, 4.69) is 0 Å². The van der Waals surface area contributed by atoms with Gasteiger partial charge < -0.3 is 9.84 Å². The second kappa shape index (κ2) is 5.15. The van der Waals surface area contributed by atoms with Crippen molar-refractivity contribution in [1.82, 2.24) is 0 Å². The fraction of sp³-hybridized carbons (Fsp3) is 0.417. The molecule has 1 aliphatic carbocycles. The van der Waals surface area contributed by atoms with Gasteiger partial charge in [-0.2, -0.15) is 0 Å². The number of carboxylic acid groups (broad SMARTS) is 1. The van der Waals surface area contributed by atoms with Crippen molar-refractivity contribution >= 4 is 29.2 Å². The van der Waals surface area contributed by atoms with E-state index >= 15 is 0 Å². The quantitative estimate of drug-likeness (QED) is 0.887. The smallest absolute Gasteiger partial charge is 0.339 e. The zero-order chi connectivity index (χ0) is 12.4. The molecule has 0 aliphatic heterocycles. The molecule has 1 N–H and O–H groups in total. The Bertz CT molecular complexity index is 442. The zero-order valence-corrected chi connectivity index (χ0v) is 10.6. The molecule has 1 fully saturated rings. The molecule has 1 saturated carbocycles. The van der Waals surface area contributed by atoms with Crippen molar-refractivity contribution in [2.45, 2.75) is 19.3 Å². The first-order valence-electron chi connectivity index (χ1n) is 5.43. The van der Waals surface area contributed by atoms with E-state index in [1.807, 2.05) is 0 Å². The van der Waals surface area contributed by atoms with Gasteiger partial charge in [0.05, 0.1) is 11.6 Å². The number of ether oxygens (including phenoxy) is 1. The minimum atomic E-state index is -1.09. The summed E-state index contributed by atoms with van der Waals surface area (Å²) in [7, 11) is 0. The summed E-state index contributed by atoms with van der Waals surface area (Å²) in [6, 6.07) is 2.84. The third-order valence-corrected chi connectivity index (χ3v) is 3.21. The average molecular weight is 275 g/mol. The predicted octanol–water partition coefficient (Wildman–Crippen LogP) is 3.87. The molecule has 5 heteroatoms. The van der Waals surface area contributed by atoms with Crippen molar-refractivity contribution in [2.75, 3.05) is 6.61 Å². The lowest BCUT2D eigenvalue weighted by Gasteiger charge is -2.11. The molecule has 3 nitrogen and oxygen atoms in total. The molecule has 0 spiro atoms. The van der Waals surface area contributed by atoms with E-state index in [9.17, 15) is 4.79 Å². The Morgan fingerprint density at radius 3 is 2.71 bits per heavy atom. The molecule has 0 amide bonds. The van der Waals surface area contributed by atoms with E-state index < -0.39 is 5.97 Å². The lowest BCUT2D eigenvalue weighted by atomic mass is 10.2.